The van der Waals surface area contributed by atoms with Crippen LogP contribution in [0.4, 0.5) is 0 Å². The molecular weight excluding hydrogens is 390 g/mol. The van der Waals surface area contributed by atoms with Gasteiger partial charge >= 0.3 is 0 Å². The largest absolute Gasteiger partial charge is 0.341 e. The Bertz CT molecular complexity index is 940. The van der Waals surface area contributed by atoms with Crippen molar-refractivity contribution in [2.75, 3.05) is 19.6 Å². The molecule has 4 nitrogen and oxygen atoms in total. The molecule has 0 unspecified atom stereocenters. The predicted molar refractivity (Wildman–Crippen MR) is 116 cm³/mol. The second-order valence-corrected chi connectivity index (χ2v) is 8.85. The lowest BCUT2D eigenvalue weighted by atomic mass is 9.98. The maximum Gasteiger partial charge on any atom is 0.236 e. The van der Waals surface area contributed by atoms with Crippen LogP contribution in [0.2, 0.25) is 5.02 Å². The lowest BCUT2D eigenvalue weighted by Crippen LogP contribution is -2.43. The lowest BCUT2D eigenvalue weighted by Gasteiger charge is -2.32. The third kappa shape index (κ3) is 4.37. The number of carbonyl (C=O) groups is 1. The smallest absolute Gasteiger partial charge is 0.236 e. The van der Waals surface area contributed by atoms with Crippen molar-refractivity contribution in [2.45, 2.75) is 31.7 Å². The molecule has 146 valence electrons. The Hall–Kier alpha value is -1.95. The average Bonchev–Trinajstić information content (AvgIpc) is 3.16. The van der Waals surface area contributed by atoms with E-state index in [9.17, 15) is 4.79 Å². The number of piperidine rings is 1. The molecule has 4 rings (SSSR count). The number of hydrogen-bond acceptors (Lipinski definition) is 4. The van der Waals surface area contributed by atoms with Crippen LogP contribution < -0.4 is 5.32 Å². The fourth-order valence-corrected chi connectivity index (χ4v) is 5.01. The fraction of sp³-hybridized carbons (Fsp3) is 0.364. The van der Waals surface area contributed by atoms with Crippen LogP contribution in [0.15, 0.2) is 48.5 Å². The predicted octanol–water partition coefficient (Wildman–Crippen LogP) is 5.01. The highest BCUT2D eigenvalue weighted by Crippen LogP contribution is 2.33. The summed E-state index contributed by atoms with van der Waals surface area (Å²) in [6.45, 7) is 3.97. The van der Waals surface area contributed by atoms with Gasteiger partial charge in [0.1, 0.15) is 0 Å². The van der Waals surface area contributed by atoms with E-state index in [-0.39, 0.29) is 11.9 Å². The zero-order valence-electron chi connectivity index (χ0n) is 15.9. The number of thiazole rings is 1. The molecule has 0 saturated carbocycles. The molecule has 0 aliphatic carbocycles. The molecule has 0 spiro atoms. The Morgan fingerprint density at radius 3 is 3.00 bits per heavy atom. The molecule has 0 bridgehead atoms. The molecule has 2 aromatic carbocycles. The summed E-state index contributed by atoms with van der Waals surface area (Å²) < 4.78 is 1.22. The van der Waals surface area contributed by atoms with Gasteiger partial charge in [-0.3, -0.25) is 4.79 Å². The summed E-state index contributed by atoms with van der Waals surface area (Å²) in [4.78, 5) is 19.6. The highest BCUT2D eigenvalue weighted by molar-refractivity contribution is 7.18. The summed E-state index contributed by atoms with van der Waals surface area (Å²) in [5.74, 6) is 0.486. The number of amides is 1. The van der Waals surface area contributed by atoms with Gasteiger partial charge in [0.05, 0.1) is 21.8 Å². The van der Waals surface area contributed by atoms with E-state index in [1.54, 1.807) is 11.3 Å². The monoisotopic (exact) mass is 413 g/mol. The summed E-state index contributed by atoms with van der Waals surface area (Å²) in [7, 11) is 0. The molecule has 1 aliphatic rings. The number of likely N-dealkylation sites (tertiary alicyclic amines) is 1. The van der Waals surface area contributed by atoms with E-state index in [0.29, 0.717) is 17.5 Å². The van der Waals surface area contributed by atoms with Crippen molar-refractivity contribution in [3.05, 3.63) is 64.1 Å². The Morgan fingerprint density at radius 2 is 2.18 bits per heavy atom. The Balaban J connectivity index is 1.36. The van der Waals surface area contributed by atoms with Crippen molar-refractivity contribution < 1.29 is 4.79 Å². The quantitative estimate of drug-likeness (QED) is 0.639. The van der Waals surface area contributed by atoms with Crippen LogP contribution in [-0.2, 0) is 4.79 Å². The molecule has 2 heterocycles. The van der Waals surface area contributed by atoms with E-state index in [2.05, 4.69) is 24.4 Å². The number of aromatic nitrogens is 1. The molecule has 1 fully saturated rings. The molecule has 1 saturated heterocycles. The zero-order valence-corrected chi connectivity index (χ0v) is 17.5. The standard InChI is InChI=1S/C22H24ClN3OS/c1-15(16-6-4-8-18(23)12-16)24-13-21(27)26-11-5-7-17(14-26)22-25-19-9-2-3-10-20(19)28-22/h2-4,6,8-10,12,15,17,24H,5,7,11,13-14H2,1H3/t15-,17-/m0/s1. The van der Waals surface area contributed by atoms with E-state index in [1.807, 2.05) is 41.3 Å². The number of carbonyl (C=O) groups excluding carboxylic acids is 1. The first-order valence-electron chi connectivity index (χ1n) is 9.72. The summed E-state index contributed by atoms with van der Waals surface area (Å²) in [5.41, 5.74) is 2.15. The first-order chi connectivity index (χ1) is 13.6. The van der Waals surface area contributed by atoms with Gasteiger partial charge in [-0.15, -0.1) is 11.3 Å². The minimum Gasteiger partial charge on any atom is -0.341 e. The van der Waals surface area contributed by atoms with Crippen LogP contribution >= 0.6 is 22.9 Å². The van der Waals surface area contributed by atoms with Crippen molar-refractivity contribution in [3.8, 4) is 0 Å². The average molecular weight is 414 g/mol. The number of fused-ring (bicyclic) bond motifs is 1. The summed E-state index contributed by atoms with van der Waals surface area (Å²) in [6.07, 6.45) is 2.12. The maximum atomic E-state index is 12.8. The van der Waals surface area contributed by atoms with Crippen molar-refractivity contribution >= 4 is 39.1 Å². The first kappa shape index (κ1) is 19.4. The summed E-state index contributed by atoms with van der Waals surface area (Å²) in [5, 5.41) is 5.20. The van der Waals surface area contributed by atoms with Gasteiger partial charge in [-0.1, -0.05) is 35.9 Å². The second kappa shape index (κ2) is 8.60. The number of para-hydroxylation sites is 1. The van der Waals surface area contributed by atoms with E-state index < -0.39 is 0 Å². The van der Waals surface area contributed by atoms with Crippen LogP contribution in [0.1, 0.15) is 42.3 Å². The van der Waals surface area contributed by atoms with Gasteiger partial charge < -0.3 is 10.2 Å². The van der Waals surface area contributed by atoms with Gasteiger partial charge in [0, 0.05) is 30.1 Å². The lowest BCUT2D eigenvalue weighted by molar-refractivity contribution is -0.131. The number of nitrogens with zero attached hydrogens (tertiary/aromatic N) is 2. The summed E-state index contributed by atoms with van der Waals surface area (Å²) >= 11 is 7.83. The molecule has 1 N–H and O–H groups in total. The molecule has 6 heteroatoms. The summed E-state index contributed by atoms with van der Waals surface area (Å²) in [6, 6.07) is 16.1. The Kier molecular flexibility index (Phi) is 5.95. The topological polar surface area (TPSA) is 45.2 Å². The first-order valence-corrected chi connectivity index (χ1v) is 10.9. The fourth-order valence-electron chi connectivity index (χ4n) is 3.72. The van der Waals surface area contributed by atoms with Crippen molar-refractivity contribution in [1.29, 1.82) is 0 Å². The normalized spacial score (nSPS) is 18.4. The van der Waals surface area contributed by atoms with Crippen molar-refractivity contribution in [2.24, 2.45) is 0 Å². The number of rotatable bonds is 5. The van der Waals surface area contributed by atoms with E-state index >= 15 is 0 Å². The van der Waals surface area contributed by atoms with Crippen LogP contribution in [-0.4, -0.2) is 35.4 Å². The number of halogens is 1. The molecule has 1 aliphatic heterocycles. The van der Waals surface area contributed by atoms with Crippen LogP contribution in [0.3, 0.4) is 0 Å². The maximum absolute atomic E-state index is 12.8. The van der Waals surface area contributed by atoms with Gasteiger partial charge in [-0.05, 0) is 49.6 Å². The third-order valence-corrected chi connectivity index (χ3v) is 6.78. The number of hydrogen-bond donors (Lipinski definition) is 1. The molecule has 0 radical (unpaired) electrons. The van der Waals surface area contributed by atoms with Crippen molar-refractivity contribution in [3.63, 3.8) is 0 Å². The van der Waals surface area contributed by atoms with Crippen LogP contribution in [0.25, 0.3) is 10.2 Å². The minimum absolute atomic E-state index is 0.0764. The highest BCUT2D eigenvalue weighted by atomic mass is 35.5. The molecule has 1 aromatic heterocycles. The van der Waals surface area contributed by atoms with Crippen molar-refractivity contribution in [1.82, 2.24) is 15.2 Å². The molecule has 28 heavy (non-hydrogen) atoms. The van der Waals surface area contributed by atoms with Gasteiger partial charge in [0.25, 0.3) is 0 Å². The van der Waals surface area contributed by atoms with Gasteiger partial charge in [-0.2, -0.15) is 0 Å². The molecular formula is C22H24ClN3OS. The van der Waals surface area contributed by atoms with Crippen LogP contribution in [0.5, 0.6) is 0 Å². The second-order valence-electron chi connectivity index (χ2n) is 7.36. The number of nitrogens with one attached hydrogen (secondary N) is 1. The van der Waals surface area contributed by atoms with Gasteiger partial charge in [0.2, 0.25) is 5.91 Å². The van der Waals surface area contributed by atoms with E-state index in [0.717, 1.165) is 42.0 Å². The SMILES string of the molecule is C[C@H](NCC(=O)N1CCC[C@H](c2nc3ccccc3s2)C1)c1cccc(Cl)c1. The molecule has 3 aromatic rings. The van der Waals surface area contributed by atoms with Crippen LogP contribution in [0, 0.1) is 0 Å². The Morgan fingerprint density at radius 1 is 1.32 bits per heavy atom. The van der Waals surface area contributed by atoms with E-state index in [4.69, 9.17) is 16.6 Å². The van der Waals surface area contributed by atoms with Gasteiger partial charge in [0.15, 0.2) is 0 Å². The van der Waals surface area contributed by atoms with Gasteiger partial charge in [-0.25, -0.2) is 4.98 Å². The number of benzene rings is 2. The molecule has 2 atom stereocenters. The highest BCUT2D eigenvalue weighted by Gasteiger charge is 2.27. The third-order valence-electron chi connectivity index (χ3n) is 5.34. The zero-order chi connectivity index (χ0) is 19.5. The van der Waals surface area contributed by atoms with E-state index in [1.165, 1.54) is 4.70 Å². The minimum atomic E-state index is 0.0764. The Labute approximate surface area is 174 Å². The molecule has 1 amide bonds.